The maximum absolute atomic E-state index is 12.9. The van der Waals surface area contributed by atoms with E-state index in [-0.39, 0.29) is 30.2 Å². The van der Waals surface area contributed by atoms with Crippen molar-refractivity contribution in [1.82, 2.24) is 21.0 Å². The number of nitrogens with one attached hydrogen (secondary N) is 3. The molecule has 0 fully saturated rings. The van der Waals surface area contributed by atoms with Gasteiger partial charge < -0.3 is 29.8 Å². The van der Waals surface area contributed by atoms with Crippen LogP contribution >= 0.6 is 0 Å². The molecule has 1 aromatic heterocycles. The lowest BCUT2D eigenvalue weighted by molar-refractivity contribution is -0.168. The largest absolute Gasteiger partial charge is 0.469 e. The van der Waals surface area contributed by atoms with Crippen LogP contribution in [0.5, 0.6) is 0 Å². The number of benzene rings is 1. The van der Waals surface area contributed by atoms with Crippen LogP contribution in [-0.2, 0) is 28.7 Å². The Balaban J connectivity index is 2.05. The number of rotatable bonds is 18. The average molecular weight is 617 g/mol. The van der Waals surface area contributed by atoms with Crippen molar-refractivity contribution in [1.29, 1.82) is 0 Å². The van der Waals surface area contributed by atoms with Crippen LogP contribution in [0.25, 0.3) is 11.3 Å². The van der Waals surface area contributed by atoms with Gasteiger partial charge in [0.05, 0.1) is 39.3 Å². The van der Waals surface area contributed by atoms with E-state index in [0.29, 0.717) is 23.5 Å². The number of ether oxygens (including phenoxy) is 2. The van der Waals surface area contributed by atoms with Gasteiger partial charge in [-0.15, -0.1) is 0 Å². The van der Waals surface area contributed by atoms with Crippen LogP contribution in [-0.4, -0.2) is 79.3 Å². The summed E-state index contributed by atoms with van der Waals surface area (Å²) in [7, 11) is 2.29. The Labute approximate surface area is 255 Å². The lowest BCUT2D eigenvalue weighted by atomic mass is 9.90. The molecule has 0 saturated heterocycles. The number of esters is 2. The molecule has 0 aliphatic heterocycles. The molecule has 0 saturated carbocycles. The summed E-state index contributed by atoms with van der Waals surface area (Å²) in [6.07, 6.45) is 3.25. The first-order valence-corrected chi connectivity index (χ1v) is 14.2. The summed E-state index contributed by atoms with van der Waals surface area (Å²) >= 11 is 0. The molecule has 14 nitrogen and oxygen atoms in total. The second-order valence-corrected chi connectivity index (χ2v) is 9.86. The fourth-order valence-corrected chi connectivity index (χ4v) is 4.53. The molecule has 240 valence electrons. The van der Waals surface area contributed by atoms with Gasteiger partial charge in [0.2, 0.25) is 12.3 Å². The summed E-state index contributed by atoms with van der Waals surface area (Å²) in [5, 5.41) is 18.1. The van der Waals surface area contributed by atoms with Crippen LogP contribution in [0.1, 0.15) is 73.3 Å². The Morgan fingerprint density at radius 2 is 1.75 bits per heavy atom. The van der Waals surface area contributed by atoms with Crippen molar-refractivity contribution in [3.8, 4) is 11.3 Å². The predicted molar refractivity (Wildman–Crippen MR) is 156 cm³/mol. The number of furan rings is 1. The van der Waals surface area contributed by atoms with Crippen molar-refractivity contribution >= 4 is 36.1 Å². The number of methoxy groups -OCH3 is 2. The van der Waals surface area contributed by atoms with Gasteiger partial charge in [-0.25, -0.2) is 9.86 Å². The zero-order valence-electron chi connectivity index (χ0n) is 25.3. The third-order valence-corrected chi connectivity index (χ3v) is 6.93. The van der Waals surface area contributed by atoms with Gasteiger partial charge in [0.25, 0.3) is 11.8 Å². The molecular weight excluding hydrogens is 576 g/mol. The van der Waals surface area contributed by atoms with E-state index in [1.54, 1.807) is 19.1 Å². The highest BCUT2D eigenvalue weighted by molar-refractivity contribution is 5.98. The maximum atomic E-state index is 12.9. The Hall–Kier alpha value is -4.72. The Kier molecular flexibility index (Phi) is 14.6. The molecule has 14 heteroatoms. The minimum absolute atomic E-state index is 0.0543. The second-order valence-electron chi connectivity index (χ2n) is 9.86. The summed E-state index contributed by atoms with van der Waals surface area (Å²) in [5.74, 6) is -3.64. The van der Waals surface area contributed by atoms with Crippen molar-refractivity contribution in [3.63, 3.8) is 0 Å². The Morgan fingerprint density at radius 3 is 2.39 bits per heavy atom. The fraction of sp³-hybridized carbons (Fsp3) is 0.467. The number of hydrogen-bond acceptors (Lipinski definition) is 10. The molecule has 0 spiro atoms. The highest BCUT2D eigenvalue weighted by Gasteiger charge is 2.31. The molecule has 2 unspecified atom stereocenters. The van der Waals surface area contributed by atoms with Crippen molar-refractivity contribution in [2.24, 2.45) is 5.92 Å². The molecule has 4 N–H and O–H groups in total. The van der Waals surface area contributed by atoms with Gasteiger partial charge >= 0.3 is 11.9 Å². The predicted octanol–water partition coefficient (Wildman–Crippen LogP) is 2.41. The van der Waals surface area contributed by atoms with Gasteiger partial charge in [-0.2, -0.15) is 0 Å². The molecule has 1 heterocycles. The minimum Gasteiger partial charge on any atom is -0.469 e. The van der Waals surface area contributed by atoms with E-state index in [2.05, 4.69) is 25.4 Å². The quantitative estimate of drug-likeness (QED) is 0.0483. The van der Waals surface area contributed by atoms with Crippen molar-refractivity contribution in [2.45, 2.75) is 64.5 Å². The molecule has 44 heavy (non-hydrogen) atoms. The second kappa shape index (κ2) is 18.1. The van der Waals surface area contributed by atoms with Gasteiger partial charge in [-0.1, -0.05) is 45.2 Å². The van der Waals surface area contributed by atoms with Gasteiger partial charge in [0, 0.05) is 11.1 Å². The van der Waals surface area contributed by atoms with Crippen LogP contribution in [0.3, 0.4) is 0 Å². The highest BCUT2D eigenvalue weighted by atomic mass is 16.5. The number of amides is 4. The highest BCUT2D eigenvalue weighted by Crippen LogP contribution is 2.24. The van der Waals surface area contributed by atoms with Gasteiger partial charge in [0.1, 0.15) is 11.8 Å². The zero-order valence-corrected chi connectivity index (χ0v) is 25.3. The summed E-state index contributed by atoms with van der Waals surface area (Å²) in [4.78, 5) is 73.2. The minimum atomic E-state index is -1.25. The smallest absolute Gasteiger partial charge is 0.328 e. The van der Waals surface area contributed by atoms with E-state index in [0.717, 1.165) is 33.5 Å². The van der Waals surface area contributed by atoms with E-state index >= 15 is 0 Å². The number of carbonyl (C=O) groups is 6. The Bertz CT molecular complexity index is 1290. The molecule has 0 radical (unpaired) electrons. The molecule has 1 aromatic carbocycles. The molecule has 0 aliphatic carbocycles. The lowest BCUT2D eigenvalue weighted by Crippen LogP contribution is -2.47. The zero-order chi connectivity index (χ0) is 32.6. The van der Waals surface area contributed by atoms with Crippen LogP contribution in [0.15, 0.2) is 40.8 Å². The first-order chi connectivity index (χ1) is 21.1. The monoisotopic (exact) mass is 616 g/mol. The number of nitrogens with zero attached hydrogens (tertiary/aromatic N) is 1. The van der Waals surface area contributed by atoms with Crippen LogP contribution < -0.4 is 16.0 Å². The molecule has 2 aromatic rings. The van der Waals surface area contributed by atoms with E-state index in [9.17, 15) is 34.0 Å². The summed E-state index contributed by atoms with van der Waals surface area (Å²) in [6, 6.07) is 7.20. The molecule has 3 atom stereocenters. The standard InChI is InChI=1S/C30H40N4O10/c1-5-7-8-12-21(23(6-2)34(41)18-35)28(38)31-17-32-29(39)25-14-13-24(44-25)19-10-9-11-20(15-19)27(37)33-22(30(40)43-4)16-26(36)42-3/h9-11,13-15,18,21-23,41H,5-8,12,16-17H2,1-4H3,(H,31,38)(H,32,39)(H,33,37)/t21?,22?,23-/m1/s1. The Morgan fingerprint density at radius 1 is 1.00 bits per heavy atom. The van der Waals surface area contributed by atoms with Crippen LogP contribution in [0.2, 0.25) is 0 Å². The molecule has 0 bridgehead atoms. The number of unbranched alkanes of at least 4 members (excludes halogenated alkanes) is 2. The lowest BCUT2D eigenvalue weighted by Gasteiger charge is -2.29. The normalized spacial score (nSPS) is 12.7. The topological polar surface area (TPSA) is 194 Å². The maximum Gasteiger partial charge on any atom is 0.328 e. The van der Waals surface area contributed by atoms with Crippen molar-refractivity contribution < 1.29 is 47.9 Å². The van der Waals surface area contributed by atoms with E-state index < -0.39 is 54.1 Å². The summed E-state index contributed by atoms with van der Waals surface area (Å²) in [5.41, 5.74) is 0.609. The molecular formula is C30H40N4O10. The fourth-order valence-electron chi connectivity index (χ4n) is 4.53. The molecule has 4 amide bonds. The van der Waals surface area contributed by atoms with E-state index in [4.69, 9.17) is 4.42 Å². The van der Waals surface area contributed by atoms with Crippen molar-refractivity contribution in [2.75, 3.05) is 20.9 Å². The third-order valence-electron chi connectivity index (χ3n) is 6.93. The van der Waals surface area contributed by atoms with Gasteiger partial charge in [-0.05, 0) is 37.1 Å². The van der Waals surface area contributed by atoms with Crippen LogP contribution in [0.4, 0.5) is 0 Å². The average Bonchev–Trinajstić information content (AvgIpc) is 3.54. The van der Waals surface area contributed by atoms with E-state index in [1.807, 2.05) is 6.92 Å². The first-order valence-electron chi connectivity index (χ1n) is 14.2. The first kappa shape index (κ1) is 35.5. The number of carbonyl (C=O) groups excluding carboxylic acids is 6. The summed E-state index contributed by atoms with van der Waals surface area (Å²) in [6.45, 7) is 3.57. The number of hydrogen-bond donors (Lipinski definition) is 4. The van der Waals surface area contributed by atoms with Crippen LogP contribution in [0, 0.1) is 5.92 Å². The SMILES string of the molecule is CCCCCC(C(=O)NCNC(=O)c1ccc(-c2cccc(C(=O)NC(CC(=O)OC)C(=O)OC)c2)o1)[C@@H](CC)N(O)C=O. The third kappa shape index (κ3) is 10.2. The number of hydroxylamine groups is 2. The van der Waals surface area contributed by atoms with E-state index in [1.165, 1.54) is 24.3 Å². The van der Waals surface area contributed by atoms with Gasteiger partial charge in [0.15, 0.2) is 5.76 Å². The van der Waals surface area contributed by atoms with Crippen molar-refractivity contribution in [3.05, 3.63) is 47.7 Å². The molecule has 0 aliphatic rings. The molecule has 2 rings (SSSR count). The summed E-state index contributed by atoms with van der Waals surface area (Å²) < 4.78 is 14.9. The van der Waals surface area contributed by atoms with Gasteiger partial charge in [-0.3, -0.25) is 29.2 Å².